The summed E-state index contributed by atoms with van der Waals surface area (Å²) in [6.45, 7) is 6.52. The van der Waals surface area contributed by atoms with Gasteiger partial charge >= 0.3 is 0 Å². The average Bonchev–Trinajstić information content (AvgIpc) is 3.09. The molecule has 0 aromatic carbocycles. The van der Waals surface area contributed by atoms with E-state index in [1.807, 2.05) is 0 Å². The van der Waals surface area contributed by atoms with Crippen LogP contribution in [0.2, 0.25) is 0 Å². The number of amides is 1. The van der Waals surface area contributed by atoms with Crippen LogP contribution in [0.5, 0.6) is 0 Å². The first-order valence-corrected chi connectivity index (χ1v) is 11.6. The summed E-state index contributed by atoms with van der Waals surface area (Å²) in [4.78, 5) is 12.7. The summed E-state index contributed by atoms with van der Waals surface area (Å²) in [5.41, 5.74) is 7.15. The summed E-state index contributed by atoms with van der Waals surface area (Å²) < 4.78 is 0. The molecule has 0 heterocycles. The van der Waals surface area contributed by atoms with Crippen molar-refractivity contribution in [2.45, 2.75) is 71.1 Å². The zero-order valence-corrected chi connectivity index (χ0v) is 17.0. The van der Waals surface area contributed by atoms with Crippen LogP contribution in [0, 0.1) is 52.8 Å². The van der Waals surface area contributed by atoms with Gasteiger partial charge in [-0.25, -0.2) is 0 Å². The van der Waals surface area contributed by atoms with E-state index in [9.17, 15) is 4.79 Å². The first kappa shape index (κ1) is 18.0. The standard InChI is InChI=1S/C25H37NO/c1-15(2)17-11-13-25(24(26)27)14-12-21-20-8-7-16-5-3-4-6-18(16)19(20)9-10-22(21)23(17)25/h3-4,16-23H,1,5-14H2,2H3,(H2,26,27). The average molecular weight is 368 g/mol. The van der Waals surface area contributed by atoms with Gasteiger partial charge in [0.05, 0.1) is 5.41 Å². The number of nitrogens with two attached hydrogens (primary N) is 1. The number of allylic oxidation sites excluding steroid dienone is 3. The Hall–Kier alpha value is -1.05. The molecule has 9 atom stereocenters. The van der Waals surface area contributed by atoms with Gasteiger partial charge in [0, 0.05) is 0 Å². The summed E-state index contributed by atoms with van der Waals surface area (Å²) in [5, 5.41) is 0. The van der Waals surface area contributed by atoms with E-state index in [1.54, 1.807) is 0 Å². The van der Waals surface area contributed by atoms with Gasteiger partial charge in [-0.15, -0.1) is 0 Å². The molecule has 5 aliphatic rings. The van der Waals surface area contributed by atoms with Crippen molar-refractivity contribution >= 4 is 5.91 Å². The molecule has 4 saturated carbocycles. The van der Waals surface area contributed by atoms with Crippen molar-refractivity contribution in [3.05, 3.63) is 24.3 Å². The number of hydrogen-bond acceptors (Lipinski definition) is 1. The predicted molar refractivity (Wildman–Crippen MR) is 110 cm³/mol. The van der Waals surface area contributed by atoms with Crippen LogP contribution in [-0.2, 0) is 4.79 Å². The number of rotatable bonds is 2. The van der Waals surface area contributed by atoms with Crippen LogP contribution in [0.1, 0.15) is 71.1 Å². The van der Waals surface area contributed by atoms with Crippen LogP contribution in [0.15, 0.2) is 24.3 Å². The van der Waals surface area contributed by atoms with E-state index < -0.39 is 0 Å². The zero-order valence-electron chi connectivity index (χ0n) is 17.0. The van der Waals surface area contributed by atoms with Crippen LogP contribution in [-0.4, -0.2) is 5.91 Å². The molecule has 1 amide bonds. The number of carbonyl (C=O) groups excluding carboxylic acids is 1. The van der Waals surface area contributed by atoms with Gasteiger partial charge in [-0.2, -0.15) is 0 Å². The maximum Gasteiger partial charge on any atom is 0.223 e. The molecule has 2 heteroatoms. The Bertz CT molecular complexity index is 665. The molecule has 27 heavy (non-hydrogen) atoms. The lowest BCUT2D eigenvalue weighted by Crippen LogP contribution is -2.54. The number of carbonyl (C=O) groups is 1. The minimum atomic E-state index is -0.220. The smallest absolute Gasteiger partial charge is 0.223 e. The van der Waals surface area contributed by atoms with Crippen molar-refractivity contribution < 1.29 is 4.79 Å². The van der Waals surface area contributed by atoms with E-state index in [-0.39, 0.29) is 11.3 Å². The third kappa shape index (κ3) is 2.54. The topological polar surface area (TPSA) is 43.1 Å². The summed E-state index contributed by atoms with van der Waals surface area (Å²) in [7, 11) is 0. The SMILES string of the molecule is C=C(C)C1CCC2(C(N)=O)CCC3C4CCC5CC=CCC5C4CCC3C12. The molecule has 2 N–H and O–H groups in total. The van der Waals surface area contributed by atoms with Gasteiger partial charge in [0.25, 0.3) is 0 Å². The van der Waals surface area contributed by atoms with Crippen LogP contribution >= 0.6 is 0 Å². The Kier molecular flexibility index (Phi) is 4.33. The van der Waals surface area contributed by atoms with Gasteiger partial charge in [0.2, 0.25) is 5.91 Å². The molecule has 148 valence electrons. The first-order chi connectivity index (χ1) is 13.0. The fourth-order valence-corrected chi connectivity index (χ4v) is 8.97. The van der Waals surface area contributed by atoms with Gasteiger partial charge in [-0.1, -0.05) is 24.3 Å². The summed E-state index contributed by atoms with van der Waals surface area (Å²) in [6.07, 6.45) is 17.6. The maximum atomic E-state index is 12.7. The van der Waals surface area contributed by atoms with Crippen molar-refractivity contribution in [1.29, 1.82) is 0 Å². The molecule has 0 bridgehead atoms. The molecule has 0 aromatic heterocycles. The molecule has 0 radical (unpaired) electrons. The van der Waals surface area contributed by atoms with Crippen molar-refractivity contribution in [2.75, 3.05) is 0 Å². The van der Waals surface area contributed by atoms with E-state index in [0.29, 0.717) is 17.8 Å². The van der Waals surface area contributed by atoms with E-state index in [4.69, 9.17) is 5.73 Å². The van der Waals surface area contributed by atoms with Gasteiger partial charge in [-0.3, -0.25) is 4.79 Å². The Morgan fingerprint density at radius 3 is 2.30 bits per heavy atom. The zero-order chi connectivity index (χ0) is 18.8. The number of primary amides is 1. The summed E-state index contributed by atoms with van der Waals surface area (Å²) in [5.74, 6) is 6.31. The lowest BCUT2D eigenvalue weighted by atomic mass is 9.46. The number of hydrogen-bond donors (Lipinski definition) is 1. The van der Waals surface area contributed by atoms with Crippen LogP contribution in [0.4, 0.5) is 0 Å². The minimum absolute atomic E-state index is 0.00190. The molecule has 4 fully saturated rings. The molecule has 5 aliphatic carbocycles. The van der Waals surface area contributed by atoms with E-state index in [2.05, 4.69) is 25.7 Å². The lowest BCUT2D eigenvalue weighted by molar-refractivity contribution is -0.142. The van der Waals surface area contributed by atoms with Crippen LogP contribution in [0.3, 0.4) is 0 Å². The molecule has 0 saturated heterocycles. The second kappa shape index (κ2) is 6.49. The summed E-state index contributed by atoms with van der Waals surface area (Å²) in [6, 6.07) is 0. The van der Waals surface area contributed by atoms with Crippen molar-refractivity contribution in [3.8, 4) is 0 Å². The van der Waals surface area contributed by atoms with Gasteiger partial charge in [0.1, 0.15) is 0 Å². The second-order valence-electron chi connectivity index (χ2n) is 10.8. The Balaban J connectivity index is 1.45. The first-order valence-electron chi connectivity index (χ1n) is 11.6. The summed E-state index contributed by atoms with van der Waals surface area (Å²) >= 11 is 0. The van der Waals surface area contributed by atoms with Gasteiger partial charge in [-0.05, 0) is 118 Å². The van der Waals surface area contributed by atoms with Crippen LogP contribution in [0.25, 0.3) is 0 Å². The minimum Gasteiger partial charge on any atom is -0.369 e. The van der Waals surface area contributed by atoms with Crippen molar-refractivity contribution in [1.82, 2.24) is 0 Å². The molecule has 9 unspecified atom stereocenters. The molecule has 0 aromatic rings. The molecular formula is C25H37NO. The highest BCUT2D eigenvalue weighted by Gasteiger charge is 2.61. The van der Waals surface area contributed by atoms with E-state index in [0.717, 1.165) is 48.9 Å². The third-order valence-corrected chi connectivity index (χ3v) is 10.0. The Labute approximate surface area is 165 Å². The quantitative estimate of drug-likeness (QED) is 0.644. The van der Waals surface area contributed by atoms with E-state index >= 15 is 0 Å². The normalized spacial score (nSPS) is 50.9. The predicted octanol–water partition coefficient (Wildman–Crippen LogP) is 5.49. The third-order valence-electron chi connectivity index (χ3n) is 10.0. The molecule has 5 rings (SSSR count). The highest BCUT2D eigenvalue weighted by atomic mass is 16.1. The van der Waals surface area contributed by atoms with Gasteiger partial charge in [0.15, 0.2) is 0 Å². The molecule has 2 nitrogen and oxygen atoms in total. The van der Waals surface area contributed by atoms with Gasteiger partial charge < -0.3 is 5.73 Å². The Morgan fingerprint density at radius 2 is 1.52 bits per heavy atom. The second-order valence-corrected chi connectivity index (χ2v) is 10.8. The molecule has 0 spiro atoms. The fourth-order valence-electron chi connectivity index (χ4n) is 8.97. The Morgan fingerprint density at radius 1 is 0.889 bits per heavy atom. The van der Waals surface area contributed by atoms with Crippen molar-refractivity contribution in [3.63, 3.8) is 0 Å². The maximum absolute atomic E-state index is 12.7. The highest BCUT2D eigenvalue weighted by molar-refractivity contribution is 5.82. The monoisotopic (exact) mass is 367 g/mol. The van der Waals surface area contributed by atoms with Crippen LogP contribution < -0.4 is 5.73 Å². The molecule has 0 aliphatic heterocycles. The van der Waals surface area contributed by atoms with E-state index in [1.165, 1.54) is 50.5 Å². The van der Waals surface area contributed by atoms with Crippen molar-refractivity contribution in [2.24, 2.45) is 58.5 Å². The highest BCUT2D eigenvalue weighted by Crippen LogP contribution is 2.66. The lowest BCUT2D eigenvalue weighted by Gasteiger charge is -2.58. The molecular weight excluding hydrogens is 330 g/mol. The largest absolute Gasteiger partial charge is 0.369 e. The number of fused-ring (bicyclic) bond motifs is 7. The fraction of sp³-hybridized carbons (Fsp3) is 0.800.